The van der Waals surface area contributed by atoms with Gasteiger partial charge in [-0.3, -0.25) is 9.59 Å². The monoisotopic (exact) mass is 392 g/mol. The zero-order valence-electron chi connectivity index (χ0n) is 14.4. The molecule has 0 radical (unpaired) electrons. The molecule has 4 nitrogen and oxygen atoms in total. The van der Waals surface area contributed by atoms with E-state index < -0.39 is 0 Å². The van der Waals surface area contributed by atoms with Crippen LogP contribution in [-0.4, -0.2) is 35.8 Å². The van der Waals surface area contributed by atoms with Crippen molar-refractivity contribution in [2.75, 3.05) is 18.0 Å². The minimum absolute atomic E-state index is 0.0557. The van der Waals surface area contributed by atoms with Crippen molar-refractivity contribution < 1.29 is 9.59 Å². The number of nitrogens with zero attached hydrogens (tertiary/aromatic N) is 2. The first-order valence-electron chi connectivity index (χ1n) is 8.88. The highest BCUT2D eigenvalue weighted by atomic mass is 79.9. The van der Waals surface area contributed by atoms with Gasteiger partial charge in [-0.1, -0.05) is 22.9 Å². The van der Waals surface area contributed by atoms with Crippen molar-refractivity contribution in [3.05, 3.63) is 28.2 Å². The summed E-state index contributed by atoms with van der Waals surface area (Å²) >= 11 is 3.49. The summed E-state index contributed by atoms with van der Waals surface area (Å²) in [4.78, 5) is 29.2. The lowest BCUT2D eigenvalue weighted by Gasteiger charge is -2.36. The summed E-state index contributed by atoms with van der Waals surface area (Å²) in [6, 6.07) is 6.26. The molecule has 0 spiro atoms. The Morgan fingerprint density at radius 3 is 2.83 bits per heavy atom. The van der Waals surface area contributed by atoms with Gasteiger partial charge in [0, 0.05) is 35.7 Å². The van der Waals surface area contributed by atoms with Crippen molar-refractivity contribution in [3.8, 4) is 0 Å². The van der Waals surface area contributed by atoms with E-state index in [4.69, 9.17) is 0 Å². The molecule has 0 bridgehead atoms. The average Bonchev–Trinajstić information content (AvgIpc) is 2.98. The lowest BCUT2D eigenvalue weighted by molar-refractivity contribution is -0.139. The molecule has 2 unspecified atom stereocenters. The smallest absolute Gasteiger partial charge is 0.228 e. The number of likely N-dealkylation sites (tertiary alicyclic amines) is 1. The topological polar surface area (TPSA) is 40.6 Å². The molecular weight excluding hydrogens is 368 g/mol. The van der Waals surface area contributed by atoms with Crippen LogP contribution in [0.1, 0.15) is 44.6 Å². The van der Waals surface area contributed by atoms with Gasteiger partial charge in [0.1, 0.15) is 0 Å². The van der Waals surface area contributed by atoms with Crippen LogP contribution in [-0.2, 0) is 9.59 Å². The molecule has 1 aromatic carbocycles. The van der Waals surface area contributed by atoms with Gasteiger partial charge in [-0.25, -0.2) is 0 Å². The molecule has 2 heterocycles. The number of hydrogen-bond donors (Lipinski definition) is 0. The van der Waals surface area contributed by atoms with Crippen LogP contribution in [0.15, 0.2) is 22.7 Å². The van der Waals surface area contributed by atoms with Crippen molar-refractivity contribution in [2.24, 2.45) is 5.92 Å². The van der Waals surface area contributed by atoms with E-state index in [1.165, 1.54) is 6.42 Å². The van der Waals surface area contributed by atoms with Gasteiger partial charge >= 0.3 is 0 Å². The number of aryl methyl sites for hydroxylation is 1. The number of anilines is 1. The summed E-state index contributed by atoms with van der Waals surface area (Å²) in [6.07, 6.45) is 4.72. The van der Waals surface area contributed by atoms with Crippen molar-refractivity contribution in [1.82, 2.24) is 4.90 Å². The third kappa shape index (κ3) is 3.37. The normalized spacial score (nSPS) is 24.5. The molecule has 2 amide bonds. The molecule has 2 aliphatic rings. The first-order valence-corrected chi connectivity index (χ1v) is 9.67. The standard InChI is InChI=1S/C19H25BrN2O2/c1-3-15-6-4-5-9-21(15)19(24)14-11-18(23)22(12-14)16-7-8-17(20)13(2)10-16/h7-8,10,14-15H,3-6,9,11-12H2,1-2H3. The first-order chi connectivity index (χ1) is 11.5. The summed E-state index contributed by atoms with van der Waals surface area (Å²) in [7, 11) is 0. The molecule has 2 fully saturated rings. The molecule has 2 saturated heterocycles. The average molecular weight is 393 g/mol. The van der Waals surface area contributed by atoms with E-state index in [1.807, 2.05) is 30.0 Å². The van der Waals surface area contributed by atoms with Gasteiger partial charge in [-0.2, -0.15) is 0 Å². The van der Waals surface area contributed by atoms with Crippen LogP contribution in [0.25, 0.3) is 0 Å². The predicted molar refractivity (Wildman–Crippen MR) is 99.0 cm³/mol. The van der Waals surface area contributed by atoms with E-state index in [0.717, 1.165) is 41.5 Å². The number of amides is 2. The highest BCUT2D eigenvalue weighted by molar-refractivity contribution is 9.10. The van der Waals surface area contributed by atoms with Crippen molar-refractivity contribution >= 4 is 33.4 Å². The Hall–Kier alpha value is -1.36. The lowest BCUT2D eigenvalue weighted by atomic mass is 9.97. The summed E-state index contributed by atoms with van der Waals surface area (Å²) in [5.41, 5.74) is 1.99. The maximum Gasteiger partial charge on any atom is 0.228 e. The highest BCUT2D eigenvalue weighted by Gasteiger charge is 2.39. The minimum atomic E-state index is -0.200. The fraction of sp³-hybridized carbons (Fsp3) is 0.579. The van der Waals surface area contributed by atoms with Gasteiger partial charge in [-0.15, -0.1) is 0 Å². The zero-order valence-corrected chi connectivity index (χ0v) is 16.0. The SMILES string of the molecule is CCC1CCCCN1C(=O)C1CC(=O)N(c2ccc(Br)c(C)c2)C1. The van der Waals surface area contributed by atoms with E-state index >= 15 is 0 Å². The van der Waals surface area contributed by atoms with E-state index in [0.29, 0.717) is 19.0 Å². The van der Waals surface area contributed by atoms with E-state index in [9.17, 15) is 9.59 Å². The predicted octanol–water partition coefficient (Wildman–Crippen LogP) is 3.90. The molecule has 24 heavy (non-hydrogen) atoms. The van der Waals surface area contributed by atoms with Crippen molar-refractivity contribution in [2.45, 2.75) is 52.0 Å². The molecule has 2 aliphatic heterocycles. The molecule has 5 heteroatoms. The second kappa shape index (κ2) is 7.26. The Bertz CT molecular complexity index is 646. The number of halogens is 1. The number of rotatable bonds is 3. The number of carbonyl (C=O) groups excluding carboxylic acids is 2. The van der Waals surface area contributed by atoms with Crippen LogP contribution in [0.4, 0.5) is 5.69 Å². The second-order valence-corrected chi connectivity index (χ2v) is 7.78. The van der Waals surface area contributed by atoms with Gasteiger partial charge in [0.25, 0.3) is 0 Å². The molecule has 0 saturated carbocycles. The Morgan fingerprint density at radius 1 is 1.33 bits per heavy atom. The van der Waals surface area contributed by atoms with E-state index in [-0.39, 0.29) is 17.7 Å². The van der Waals surface area contributed by atoms with Crippen LogP contribution >= 0.6 is 15.9 Å². The molecule has 3 rings (SSSR count). The number of benzene rings is 1. The van der Waals surface area contributed by atoms with Crippen molar-refractivity contribution in [1.29, 1.82) is 0 Å². The Morgan fingerprint density at radius 2 is 2.12 bits per heavy atom. The Balaban J connectivity index is 1.74. The molecule has 0 aromatic heterocycles. The molecule has 0 aliphatic carbocycles. The van der Waals surface area contributed by atoms with E-state index in [2.05, 4.69) is 22.9 Å². The second-order valence-electron chi connectivity index (χ2n) is 6.93. The Labute approximate surface area is 152 Å². The van der Waals surface area contributed by atoms with Crippen LogP contribution in [0.2, 0.25) is 0 Å². The minimum Gasteiger partial charge on any atom is -0.339 e. The van der Waals surface area contributed by atoms with Crippen LogP contribution < -0.4 is 4.90 Å². The molecule has 130 valence electrons. The summed E-state index contributed by atoms with van der Waals surface area (Å²) in [6.45, 7) is 5.51. The third-order valence-corrected chi connectivity index (χ3v) is 6.20. The highest BCUT2D eigenvalue weighted by Crippen LogP contribution is 2.31. The first kappa shape index (κ1) is 17.5. The van der Waals surface area contributed by atoms with Gasteiger partial charge in [-0.05, 0) is 56.4 Å². The van der Waals surface area contributed by atoms with Crippen LogP contribution in [0.3, 0.4) is 0 Å². The quantitative estimate of drug-likeness (QED) is 0.782. The van der Waals surface area contributed by atoms with Gasteiger partial charge in [0.05, 0.1) is 5.92 Å². The molecule has 0 N–H and O–H groups in total. The molecular formula is C19H25BrN2O2. The Kier molecular flexibility index (Phi) is 5.28. The summed E-state index contributed by atoms with van der Waals surface area (Å²) < 4.78 is 1.03. The van der Waals surface area contributed by atoms with Crippen LogP contribution in [0, 0.1) is 12.8 Å². The number of carbonyl (C=O) groups is 2. The molecule has 1 aromatic rings. The summed E-state index contributed by atoms with van der Waals surface area (Å²) in [5.74, 6) is 0.0277. The number of piperidine rings is 1. The number of hydrogen-bond acceptors (Lipinski definition) is 2. The van der Waals surface area contributed by atoms with Crippen LogP contribution in [0.5, 0.6) is 0 Å². The largest absolute Gasteiger partial charge is 0.339 e. The van der Waals surface area contributed by atoms with Gasteiger partial charge < -0.3 is 9.80 Å². The fourth-order valence-corrected chi connectivity index (χ4v) is 4.12. The summed E-state index contributed by atoms with van der Waals surface area (Å²) in [5, 5.41) is 0. The molecule has 2 atom stereocenters. The zero-order chi connectivity index (χ0) is 17.3. The third-order valence-electron chi connectivity index (χ3n) is 5.31. The lowest BCUT2D eigenvalue weighted by Crippen LogP contribution is -2.46. The van der Waals surface area contributed by atoms with Gasteiger partial charge in [0.2, 0.25) is 11.8 Å². The van der Waals surface area contributed by atoms with E-state index in [1.54, 1.807) is 4.90 Å². The van der Waals surface area contributed by atoms with Gasteiger partial charge in [0.15, 0.2) is 0 Å². The maximum atomic E-state index is 13.0. The van der Waals surface area contributed by atoms with Crippen molar-refractivity contribution in [3.63, 3.8) is 0 Å². The maximum absolute atomic E-state index is 13.0. The fourth-order valence-electron chi connectivity index (χ4n) is 3.87.